The molecule has 2 fully saturated rings. The molecule has 2 aromatic rings. The van der Waals surface area contributed by atoms with E-state index in [1.54, 1.807) is 0 Å². The smallest absolute Gasteiger partial charge is 0.122 e. The maximum atomic E-state index is 6.53. The summed E-state index contributed by atoms with van der Waals surface area (Å²) in [5.41, 5.74) is 2.84. The number of ether oxygens (including phenoxy) is 1. The van der Waals surface area contributed by atoms with Gasteiger partial charge in [0, 0.05) is 19.6 Å². The van der Waals surface area contributed by atoms with Gasteiger partial charge < -0.3 is 14.5 Å². The van der Waals surface area contributed by atoms with Gasteiger partial charge in [0.2, 0.25) is 0 Å². The number of aryl methyl sites for hydroxylation is 1. The summed E-state index contributed by atoms with van der Waals surface area (Å²) in [7, 11) is 0. The summed E-state index contributed by atoms with van der Waals surface area (Å²) in [5.74, 6) is 1.71. The highest BCUT2D eigenvalue weighted by Crippen LogP contribution is 2.26. The molecular weight excluding hydrogens is 392 g/mol. The Bertz CT molecular complexity index is 779. The molecule has 0 amide bonds. The van der Waals surface area contributed by atoms with Gasteiger partial charge >= 0.3 is 0 Å². The van der Waals surface area contributed by atoms with Crippen molar-refractivity contribution in [2.45, 2.75) is 70.3 Å². The normalized spacial score (nSPS) is 19.3. The molecule has 0 aromatic heterocycles. The molecule has 0 N–H and O–H groups in total. The van der Waals surface area contributed by atoms with Crippen LogP contribution in [0.25, 0.3) is 0 Å². The van der Waals surface area contributed by atoms with Crippen LogP contribution in [0.4, 0.5) is 0 Å². The minimum absolute atomic E-state index is 0.356. The highest BCUT2D eigenvalue weighted by atomic mass is 16.5. The average molecular weight is 435 g/mol. The third-order valence-corrected chi connectivity index (χ3v) is 7.32. The van der Waals surface area contributed by atoms with Gasteiger partial charge in [-0.1, -0.05) is 61.9 Å². The molecule has 0 aliphatic carbocycles. The number of piperidine rings is 1. The summed E-state index contributed by atoms with van der Waals surface area (Å²) < 4.78 is 6.53. The van der Waals surface area contributed by atoms with Gasteiger partial charge in [0.25, 0.3) is 0 Å². The van der Waals surface area contributed by atoms with Crippen molar-refractivity contribution in [2.24, 2.45) is 0 Å². The molecule has 174 valence electrons. The van der Waals surface area contributed by atoms with Gasteiger partial charge in [-0.3, -0.25) is 0 Å². The number of nitrogens with zero attached hydrogens (tertiary/aromatic N) is 2. The molecule has 32 heavy (non-hydrogen) atoms. The fourth-order valence-electron chi connectivity index (χ4n) is 5.32. The summed E-state index contributed by atoms with van der Waals surface area (Å²) in [6.45, 7) is 9.70. The molecule has 0 bridgehead atoms. The molecule has 3 heteroatoms. The minimum atomic E-state index is 0.356. The van der Waals surface area contributed by atoms with Gasteiger partial charge in [-0.25, -0.2) is 0 Å². The Kier molecular flexibility index (Phi) is 9.05. The van der Waals surface area contributed by atoms with Crippen molar-refractivity contribution >= 4 is 0 Å². The highest BCUT2D eigenvalue weighted by molar-refractivity contribution is 5.33. The lowest BCUT2D eigenvalue weighted by Crippen LogP contribution is -2.40. The lowest BCUT2D eigenvalue weighted by atomic mass is 9.99. The zero-order valence-corrected chi connectivity index (χ0v) is 20.1. The van der Waals surface area contributed by atoms with Crippen molar-refractivity contribution in [2.75, 3.05) is 39.3 Å². The average Bonchev–Trinajstić information content (AvgIpc) is 3.35. The molecule has 1 unspecified atom stereocenters. The SMILES string of the molecule is CC(CN1CCC(Oc2ccccc2CCCCCN2CCCC2)CC1)c1ccccc1. The largest absolute Gasteiger partial charge is 0.490 e. The topological polar surface area (TPSA) is 15.7 Å². The van der Waals surface area contributed by atoms with Crippen molar-refractivity contribution < 1.29 is 4.74 Å². The van der Waals surface area contributed by atoms with E-state index in [4.69, 9.17) is 4.74 Å². The van der Waals surface area contributed by atoms with E-state index in [1.807, 2.05) is 0 Å². The van der Waals surface area contributed by atoms with Gasteiger partial charge in [0.1, 0.15) is 11.9 Å². The zero-order valence-electron chi connectivity index (χ0n) is 20.1. The number of benzene rings is 2. The third-order valence-electron chi connectivity index (χ3n) is 7.32. The highest BCUT2D eigenvalue weighted by Gasteiger charge is 2.22. The number of hydrogen-bond acceptors (Lipinski definition) is 3. The number of hydrogen-bond donors (Lipinski definition) is 0. The monoisotopic (exact) mass is 434 g/mol. The molecular formula is C29H42N2O. The van der Waals surface area contributed by atoms with E-state index in [1.165, 1.54) is 62.9 Å². The van der Waals surface area contributed by atoms with Gasteiger partial charge in [0.15, 0.2) is 0 Å². The maximum absolute atomic E-state index is 6.53. The third kappa shape index (κ3) is 7.08. The fourth-order valence-corrected chi connectivity index (χ4v) is 5.32. The Morgan fingerprint density at radius 2 is 1.53 bits per heavy atom. The van der Waals surface area contributed by atoms with E-state index >= 15 is 0 Å². The predicted octanol–water partition coefficient (Wildman–Crippen LogP) is 6.14. The van der Waals surface area contributed by atoms with Crippen LogP contribution in [0.1, 0.15) is 68.9 Å². The Balaban J connectivity index is 1.18. The lowest BCUT2D eigenvalue weighted by Gasteiger charge is -2.34. The van der Waals surface area contributed by atoms with Gasteiger partial charge in [0.05, 0.1) is 0 Å². The fraction of sp³-hybridized carbons (Fsp3) is 0.586. The van der Waals surface area contributed by atoms with Crippen LogP contribution in [0.2, 0.25) is 0 Å². The summed E-state index contributed by atoms with van der Waals surface area (Å²) >= 11 is 0. The van der Waals surface area contributed by atoms with Crippen LogP contribution in [0.15, 0.2) is 54.6 Å². The summed E-state index contributed by atoms with van der Waals surface area (Å²) in [5, 5.41) is 0. The van der Waals surface area contributed by atoms with Crippen molar-refractivity contribution in [1.82, 2.24) is 9.80 Å². The second-order valence-corrected chi connectivity index (χ2v) is 9.90. The predicted molar refractivity (Wildman–Crippen MR) is 135 cm³/mol. The summed E-state index contributed by atoms with van der Waals surface area (Å²) in [6.07, 6.45) is 10.5. The van der Waals surface area contributed by atoms with Crippen molar-refractivity contribution in [3.8, 4) is 5.75 Å². The van der Waals surface area contributed by atoms with E-state index in [-0.39, 0.29) is 0 Å². The molecule has 2 aromatic carbocycles. The van der Waals surface area contributed by atoms with Crippen LogP contribution in [0.3, 0.4) is 0 Å². The molecule has 0 radical (unpaired) electrons. The second kappa shape index (κ2) is 12.4. The summed E-state index contributed by atoms with van der Waals surface area (Å²) in [6, 6.07) is 19.7. The van der Waals surface area contributed by atoms with E-state index in [0.717, 1.165) is 44.6 Å². The summed E-state index contributed by atoms with van der Waals surface area (Å²) in [4.78, 5) is 5.24. The first-order valence-corrected chi connectivity index (χ1v) is 13.0. The van der Waals surface area contributed by atoms with Gasteiger partial charge in [-0.05, 0) is 87.7 Å². The molecule has 3 nitrogen and oxygen atoms in total. The first-order chi connectivity index (χ1) is 15.8. The standard InChI is InChI=1S/C29H42N2O/c1-25(26-12-4-2-5-13-26)24-31-22-17-28(18-23-31)32-29-16-8-7-15-27(29)14-6-3-9-19-30-20-10-11-21-30/h2,4-5,7-8,12-13,15-16,25,28H,3,6,9-11,14,17-24H2,1H3. The first-order valence-electron chi connectivity index (χ1n) is 13.0. The molecule has 4 rings (SSSR count). The Hall–Kier alpha value is -1.84. The van der Waals surface area contributed by atoms with Crippen LogP contribution < -0.4 is 4.74 Å². The molecule has 0 spiro atoms. The number of likely N-dealkylation sites (tertiary alicyclic amines) is 2. The van der Waals surface area contributed by atoms with Crippen molar-refractivity contribution in [1.29, 1.82) is 0 Å². The lowest BCUT2D eigenvalue weighted by molar-refractivity contribution is 0.0970. The number of para-hydroxylation sites is 1. The minimum Gasteiger partial charge on any atom is -0.490 e. The van der Waals surface area contributed by atoms with Crippen LogP contribution in [-0.4, -0.2) is 55.2 Å². The van der Waals surface area contributed by atoms with Gasteiger partial charge in [-0.15, -0.1) is 0 Å². The second-order valence-electron chi connectivity index (χ2n) is 9.90. The van der Waals surface area contributed by atoms with Gasteiger partial charge in [-0.2, -0.15) is 0 Å². The molecule has 2 saturated heterocycles. The number of rotatable bonds is 11. The Labute approximate surface area is 195 Å². The molecule has 2 aliphatic heterocycles. The van der Waals surface area contributed by atoms with Crippen molar-refractivity contribution in [3.63, 3.8) is 0 Å². The first kappa shape index (κ1) is 23.3. The molecule has 2 heterocycles. The zero-order chi connectivity index (χ0) is 22.0. The van der Waals surface area contributed by atoms with Crippen LogP contribution in [0.5, 0.6) is 5.75 Å². The van der Waals surface area contributed by atoms with E-state index in [2.05, 4.69) is 71.3 Å². The number of unbranched alkanes of at least 4 members (excludes halogenated alkanes) is 2. The van der Waals surface area contributed by atoms with Crippen LogP contribution in [0, 0.1) is 0 Å². The Morgan fingerprint density at radius 1 is 0.812 bits per heavy atom. The quantitative estimate of drug-likeness (QED) is 0.395. The van der Waals surface area contributed by atoms with E-state index in [0.29, 0.717) is 12.0 Å². The molecule has 2 aliphatic rings. The van der Waals surface area contributed by atoms with Crippen molar-refractivity contribution in [3.05, 3.63) is 65.7 Å². The molecule has 0 saturated carbocycles. The maximum Gasteiger partial charge on any atom is 0.122 e. The van der Waals surface area contributed by atoms with E-state index < -0.39 is 0 Å². The Morgan fingerprint density at radius 3 is 2.31 bits per heavy atom. The molecule has 1 atom stereocenters. The van der Waals surface area contributed by atoms with E-state index in [9.17, 15) is 0 Å². The van der Waals surface area contributed by atoms with Crippen LogP contribution in [-0.2, 0) is 6.42 Å². The van der Waals surface area contributed by atoms with Crippen LogP contribution >= 0.6 is 0 Å².